The second-order valence-electron chi connectivity index (χ2n) is 2.89. The largest absolute Gasteiger partial charge is 0.297 e. The zero-order valence-corrected chi connectivity index (χ0v) is 8.78. The van der Waals surface area contributed by atoms with E-state index in [-0.39, 0.29) is 0 Å². The predicted octanol–water partition coefficient (Wildman–Crippen LogP) is 3.31. The van der Waals surface area contributed by atoms with Crippen molar-refractivity contribution in [3.63, 3.8) is 0 Å². The van der Waals surface area contributed by atoms with Crippen molar-refractivity contribution < 1.29 is 4.79 Å². The molecule has 13 heavy (non-hydrogen) atoms. The monoisotopic (exact) mass is 208 g/mol. The summed E-state index contributed by atoms with van der Waals surface area (Å²) < 4.78 is 1.15. The Labute approximate surface area is 85.8 Å². The van der Waals surface area contributed by atoms with Crippen LogP contribution in [-0.2, 0) is 0 Å². The van der Waals surface area contributed by atoms with Crippen molar-refractivity contribution in [3.8, 4) is 0 Å². The van der Waals surface area contributed by atoms with Gasteiger partial charge in [0.25, 0.3) is 0 Å². The minimum Gasteiger partial charge on any atom is -0.297 e. The standard InChI is InChI=1S/C10H8OS2/c1-6-8-4-7(12)2-3-9(8)13-10(6)5-11/h2-5,12H,1H3. The lowest BCUT2D eigenvalue weighted by Crippen LogP contribution is -1.75. The quantitative estimate of drug-likeness (QED) is 0.562. The van der Waals surface area contributed by atoms with Gasteiger partial charge in [-0.15, -0.1) is 24.0 Å². The number of carbonyl (C=O) groups is 1. The first-order valence-electron chi connectivity index (χ1n) is 3.89. The molecule has 0 atom stereocenters. The first kappa shape index (κ1) is 8.78. The highest BCUT2D eigenvalue weighted by Crippen LogP contribution is 2.30. The molecule has 2 aromatic rings. The summed E-state index contributed by atoms with van der Waals surface area (Å²) in [6, 6.07) is 5.94. The first-order valence-corrected chi connectivity index (χ1v) is 5.16. The van der Waals surface area contributed by atoms with Crippen LogP contribution in [0.5, 0.6) is 0 Å². The highest BCUT2D eigenvalue weighted by molar-refractivity contribution is 7.80. The summed E-state index contributed by atoms with van der Waals surface area (Å²) >= 11 is 5.79. The van der Waals surface area contributed by atoms with Crippen LogP contribution in [0.4, 0.5) is 0 Å². The first-order chi connectivity index (χ1) is 6.22. The normalized spacial score (nSPS) is 10.6. The van der Waals surface area contributed by atoms with E-state index in [0.29, 0.717) is 0 Å². The van der Waals surface area contributed by atoms with E-state index in [0.717, 1.165) is 31.7 Å². The number of thiol groups is 1. The van der Waals surface area contributed by atoms with Crippen LogP contribution >= 0.6 is 24.0 Å². The molecule has 1 aromatic carbocycles. The molecule has 1 aromatic heterocycles. The number of aryl methyl sites for hydroxylation is 1. The third kappa shape index (κ3) is 1.38. The summed E-state index contributed by atoms with van der Waals surface area (Å²) in [4.78, 5) is 12.4. The van der Waals surface area contributed by atoms with E-state index in [1.165, 1.54) is 11.3 Å². The van der Waals surface area contributed by atoms with E-state index in [2.05, 4.69) is 12.6 Å². The summed E-state index contributed by atoms with van der Waals surface area (Å²) in [5.74, 6) is 0. The summed E-state index contributed by atoms with van der Waals surface area (Å²) in [5, 5.41) is 1.14. The lowest BCUT2D eigenvalue weighted by Gasteiger charge is -1.92. The van der Waals surface area contributed by atoms with Gasteiger partial charge in [-0.2, -0.15) is 0 Å². The van der Waals surface area contributed by atoms with Crippen LogP contribution in [0.1, 0.15) is 15.2 Å². The van der Waals surface area contributed by atoms with Crippen molar-refractivity contribution in [1.82, 2.24) is 0 Å². The van der Waals surface area contributed by atoms with Gasteiger partial charge in [-0.25, -0.2) is 0 Å². The van der Waals surface area contributed by atoms with Crippen LogP contribution in [-0.4, -0.2) is 6.29 Å². The van der Waals surface area contributed by atoms with Crippen LogP contribution in [0.2, 0.25) is 0 Å². The van der Waals surface area contributed by atoms with Gasteiger partial charge in [-0.1, -0.05) is 0 Å². The molecule has 0 unspecified atom stereocenters. The third-order valence-corrected chi connectivity index (χ3v) is 3.54. The highest BCUT2D eigenvalue weighted by atomic mass is 32.1. The predicted molar refractivity (Wildman–Crippen MR) is 59.2 cm³/mol. The Morgan fingerprint density at radius 1 is 1.46 bits per heavy atom. The maximum Gasteiger partial charge on any atom is 0.160 e. The van der Waals surface area contributed by atoms with Crippen LogP contribution in [0.15, 0.2) is 23.1 Å². The average Bonchev–Trinajstić information content (AvgIpc) is 2.44. The Bertz CT molecular complexity index is 471. The number of carbonyl (C=O) groups excluding carboxylic acids is 1. The minimum atomic E-state index is 0.814. The molecule has 2 rings (SSSR count). The van der Waals surface area contributed by atoms with Gasteiger partial charge in [0.15, 0.2) is 6.29 Å². The fourth-order valence-electron chi connectivity index (χ4n) is 1.34. The lowest BCUT2D eigenvalue weighted by atomic mass is 10.1. The maximum absolute atomic E-state index is 10.7. The Morgan fingerprint density at radius 3 is 2.92 bits per heavy atom. The van der Waals surface area contributed by atoms with Crippen molar-refractivity contribution in [2.24, 2.45) is 0 Å². The van der Waals surface area contributed by atoms with Gasteiger partial charge in [-0.3, -0.25) is 4.79 Å². The van der Waals surface area contributed by atoms with Gasteiger partial charge >= 0.3 is 0 Å². The zero-order valence-electron chi connectivity index (χ0n) is 7.07. The van der Waals surface area contributed by atoms with E-state index in [4.69, 9.17) is 0 Å². The molecule has 0 amide bonds. The van der Waals surface area contributed by atoms with Gasteiger partial charge in [0.1, 0.15) is 0 Å². The van der Waals surface area contributed by atoms with Crippen molar-refractivity contribution in [1.29, 1.82) is 0 Å². The summed E-state index contributed by atoms with van der Waals surface area (Å²) in [7, 11) is 0. The molecule has 3 heteroatoms. The number of thiophene rings is 1. The molecule has 0 saturated carbocycles. The molecule has 0 N–H and O–H groups in total. The van der Waals surface area contributed by atoms with Crippen molar-refractivity contribution in [2.75, 3.05) is 0 Å². The van der Waals surface area contributed by atoms with Gasteiger partial charge in [0.2, 0.25) is 0 Å². The smallest absolute Gasteiger partial charge is 0.160 e. The number of fused-ring (bicyclic) bond motifs is 1. The Balaban J connectivity index is 2.84. The Kier molecular flexibility index (Phi) is 2.14. The van der Waals surface area contributed by atoms with E-state index in [1.807, 2.05) is 25.1 Å². The second kappa shape index (κ2) is 3.16. The Hall–Kier alpha value is -0.800. The van der Waals surface area contributed by atoms with Crippen molar-refractivity contribution >= 4 is 40.3 Å². The number of hydrogen-bond donors (Lipinski definition) is 1. The van der Waals surface area contributed by atoms with Crippen LogP contribution < -0.4 is 0 Å². The molecule has 66 valence electrons. The number of benzene rings is 1. The molecule has 0 aliphatic carbocycles. The van der Waals surface area contributed by atoms with Gasteiger partial charge in [-0.05, 0) is 36.1 Å². The second-order valence-corrected chi connectivity index (χ2v) is 4.49. The molecule has 0 aliphatic heterocycles. The van der Waals surface area contributed by atoms with E-state index in [9.17, 15) is 4.79 Å². The third-order valence-electron chi connectivity index (χ3n) is 2.06. The zero-order chi connectivity index (χ0) is 9.42. The maximum atomic E-state index is 10.7. The van der Waals surface area contributed by atoms with Crippen molar-refractivity contribution in [2.45, 2.75) is 11.8 Å². The fourth-order valence-corrected chi connectivity index (χ4v) is 2.55. The molecule has 1 heterocycles. The molecule has 0 bridgehead atoms. The number of hydrogen-bond acceptors (Lipinski definition) is 3. The number of rotatable bonds is 1. The summed E-state index contributed by atoms with van der Waals surface area (Å²) in [6.45, 7) is 1.97. The van der Waals surface area contributed by atoms with Crippen molar-refractivity contribution in [3.05, 3.63) is 28.6 Å². The average molecular weight is 208 g/mol. The van der Waals surface area contributed by atoms with Crippen LogP contribution in [0.3, 0.4) is 0 Å². The minimum absolute atomic E-state index is 0.814. The van der Waals surface area contributed by atoms with Gasteiger partial charge in [0.05, 0.1) is 4.88 Å². The molecule has 1 nitrogen and oxygen atoms in total. The molecule has 0 spiro atoms. The molecule has 0 radical (unpaired) electrons. The van der Waals surface area contributed by atoms with Crippen LogP contribution in [0.25, 0.3) is 10.1 Å². The summed E-state index contributed by atoms with van der Waals surface area (Å²) in [6.07, 6.45) is 0.915. The topological polar surface area (TPSA) is 17.1 Å². The van der Waals surface area contributed by atoms with E-state index < -0.39 is 0 Å². The highest BCUT2D eigenvalue weighted by Gasteiger charge is 2.06. The summed E-state index contributed by atoms with van der Waals surface area (Å²) in [5.41, 5.74) is 1.06. The molecule has 0 aliphatic rings. The van der Waals surface area contributed by atoms with E-state index >= 15 is 0 Å². The fraction of sp³-hybridized carbons (Fsp3) is 0.100. The van der Waals surface area contributed by atoms with Crippen LogP contribution in [0, 0.1) is 6.92 Å². The number of aldehydes is 1. The van der Waals surface area contributed by atoms with E-state index in [1.54, 1.807) is 0 Å². The molecular formula is C10H8OS2. The SMILES string of the molecule is Cc1c(C=O)sc2ccc(S)cc12. The van der Waals surface area contributed by atoms with Gasteiger partial charge < -0.3 is 0 Å². The molecule has 0 saturated heterocycles. The lowest BCUT2D eigenvalue weighted by molar-refractivity contribution is 0.112. The van der Waals surface area contributed by atoms with Gasteiger partial charge in [0, 0.05) is 9.60 Å². The Morgan fingerprint density at radius 2 is 2.23 bits per heavy atom. The molecular weight excluding hydrogens is 200 g/mol. The molecule has 0 fully saturated rings.